The highest BCUT2D eigenvalue weighted by Crippen LogP contribution is 2.36. The van der Waals surface area contributed by atoms with Crippen molar-refractivity contribution in [3.05, 3.63) is 29.3 Å². The van der Waals surface area contributed by atoms with Gasteiger partial charge in [0.2, 0.25) is 5.91 Å². The SMILES string of the molecule is COc1cccc2c1OCC(C(=O)N1CCCC(CNC(=O)C3CCCN3)C1)=C2.Cl. The summed E-state index contributed by atoms with van der Waals surface area (Å²) in [5, 5.41) is 6.29. The molecule has 0 aliphatic carbocycles. The van der Waals surface area contributed by atoms with Gasteiger partial charge < -0.3 is 25.0 Å². The number of methoxy groups -OCH3 is 1. The molecule has 30 heavy (non-hydrogen) atoms. The summed E-state index contributed by atoms with van der Waals surface area (Å²) >= 11 is 0. The zero-order valence-electron chi connectivity index (χ0n) is 17.3. The molecule has 0 spiro atoms. The fourth-order valence-electron chi connectivity index (χ4n) is 4.36. The fraction of sp³-hybridized carbons (Fsp3) is 0.545. The van der Waals surface area contributed by atoms with Crippen molar-refractivity contribution < 1.29 is 19.1 Å². The summed E-state index contributed by atoms with van der Waals surface area (Å²) < 4.78 is 11.2. The van der Waals surface area contributed by atoms with Crippen molar-refractivity contribution in [2.24, 2.45) is 5.92 Å². The molecule has 0 bridgehead atoms. The van der Waals surface area contributed by atoms with Crippen LogP contribution in [0.4, 0.5) is 0 Å². The molecule has 2 fully saturated rings. The molecule has 3 aliphatic rings. The molecule has 164 valence electrons. The van der Waals surface area contributed by atoms with E-state index in [0.717, 1.165) is 44.3 Å². The smallest absolute Gasteiger partial charge is 0.253 e. The van der Waals surface area contributed by atoms with Gasteiger partial charge in [0, 0.05) is 25.2 Å². The van der Waals surface area contributed by atoms with Gasteiger partial charge in [0.1, 0.15) is 6.61 Å². The Morgan fingerprint density at radius 2 is 2.17 bits per heavy atom. The van der Waals surface area contributed by atoms with Gasteiger partial charge in [0.05, 0.1) is 18.7 Å². The maximum Gasteiger partial charge on any atom is 0.253 e. The number of halogens is 1. The molecule has 0 radical (unpaired) electrons. The lowest BCUT2D eigenvalue weighted by molar-refractivity contribution is -0.129. The van der Waals surface area contributed by atoms with Crippen LogP contribution < -0.4 is 20.1 Å². The summed E-state index contributed by atoms with van der Waals surface area (Å²) in [4.78, 5) is 27.2. The lowest BCUT2D eigenvalue weighted by Crippen LogP contribution is -2.47. The molecule has 3 heterocycles. The summed E-state index contributed by atoms with van der Waals surface area (Å²) in [6.45, 7) is 3.19. The molecule has 0 saturated carbocycles. The van der Waals surface area contributed by atoms with Crippen LogP contribution in [0, 0.1) is 5.92 Å². The van der Waals surface area contributed by atoms with Crippen LogP contribution in [-0.4, -0.2) is 62.7 Å². The Bertz CT molecular complexity index is 808. The van der Waals surface area contributed by atoms with E-state index < -0.39 is 0 Å². The van der Waals surface area contributed by atoms with Crippen LogP contribution in [0.3, 0.4) is 0 Å². The molecule has 3 aliphatic heterocycles. The summed E-state index contributed by atoms with van der Waals surface area (Å²) in [7, 11) is 1.61. The number of benzene rings is 1. The standard InChI is InChI=1S/C22H29N3O4.ClH/c1-28-19-8-2-6-16-11-17(14-29-20(16)19)22(27)25-10-4-5-15(13-25)12-24-21(26)18-7-3-9-23-18;/h2,6,8,11,15,18,23H,3-5,7,9-10,12-14H2,1H3,(H,24,26);1H. The molecular formula is C22H30ClN3O4. The second kappa shape index (κ2) is 10.2. The average molecular weight is 436 g/mol. The number of nitrogens with zero attached hydrogens (tertiary/aromatic N) is 1. The van der Waals surface area contributed by atoms with Gasteiger partial charge in [-0.2, -0.15) is 0 Å². The van der Waals surface area contributed by atoms with E-state index in [-0.39, 0.29) is 42.8 Å². The van der Waals surface area contributed by atoms with E-state index in [1.165, 1.54) is 0 Å². The molecule has 7 nitrogen and oxygen atoms in total. The minimum Gasteiger partial charge on any atom is -0.493 e. The van der Waals surface area contributed by atoms with E-state index in [1.807, 2.05) is 29.2 Å². The van der Waals surface area contributed by atoms with Crippen molar-refractivity contribution >= 4 is 30.3 Å². The molecule has 2 atom stereocenters. The number of hydrogen-bond donors (Lipinski definition) is 2. The third-order valence-corrected chi connectivity index (χ3v) is 5.95. The molecule has 8 heteroatoms. The third-order valence-electron chi connectivity index (χ3n) is 5.95. The van der Waals surface area contributed by atoms with E-state index in [9.17, 15) is 9.59 Å². The number of para-hydroxylation sites is 1. The number of rotatable bonds is 5. The number of likely N-dealkylation sites (tertiary alicyclic amines) is 1. The van der Waals surface area contributed by atoms with Crippen LogP contribution >= 0.6 is 12.4 Å². The minimum absolute atomic E-state index is 0. The first kappa shape index (κ1) is 22.4. The number of fused-ring (bicyclic) bond motifs is 1. The molecule has 2 saturated heterocycles. The van der Waals surface area contributed by atoms with Gasteiger partial charge >= 0.3 is 0 Å². The van der Waals surface area contributed by atoms with E-state index in [0.29, 0.717) is 30.2 Å². The lowest BCUT2D eigenvalue weighted by Gasteiger charge is -2.34. The van der Waals surface area contributed by atoms with Crippen molar-refractivity contribution in [3.8, 4) is 11.5 Å². The van der Waals surface area contributed by atoms with Crippen LogP contribution in [-0.2, 0) is 9.59 Å². The Morgan fingerprint density at radius 3 is 2.93 bits per heavy atom. The van der Waals surface area contributed by atoms with Crippen molar-refractivity contribution in [1.29, 1.82) is 0 Å². The molecule has 2 N–H and O–H groups in total. The number of carbonyl (C=O) groups is 2. The Morgan fingerprint density at radius 1 is 1.30 bits per heavy atom. The van der Waals surface area contributed by atoms with Gasteiger partial charge in [-0.1, -0.05) is 12.1 Å². The Balaban J connectivity index is 0.00000256. The van der Waals surface area contributed by atoms with Crippen LogP contribution in [0.5, 0.6) is 11.5 Å². The zero-order chi connectivity index (χ0) is 20.2. The van der Waals surface area contributed by atoms with Crippen LogP contribution in [0.2, 0.25) is 0 Å². The van der Waals surface area contributed by atoms with Gasteiger partial charge in [0.15, 0.2) is 11.5 Å². The maximum atomic E-state index is 13.1. The molecule has 0 aromatic heterocycles. The van der Waals surface area contributed by atoms with Crippen LogP contribution in [0.15, 0.2) is 23.8 Å². The van der Waals surface area contributed by atoms with Crippen molar-refractivity contribution in [2.75, 3.05) is 39.9 Å². The molecule has 2 amide bonds. The van der Waals surface area contributed by atoms with Crippen molar-refractivity contribution in [3.63, 3.8) is 0 Å². The van der Waals surface area contributed by atoms with Crippen molar-refractivity contribution in [2.45, 2.75) is 31.7 Å². The first-order valence-corrected chi connectivity index (χ1v) is 10.5. The summed E-state index contributed by atoms with van der Waals surface area (Å²) in [6.07, 6.45) is 5.84. The lowest BCUT2D eigenvalue weighted by atomic mass is 9.96. The van der Waals surface area contributed by atoms with Crippen molar-refractivity contribution in [1.82, 2.24) is 15.5 Å². The first-order chi connectivity index (χ1) is 14.2. The first-order valence-electron chi connectivity index (χ1n) is 10.5. The van der Waals surface area contributed by atoms with E-state index in [2.05, 4.69) is 10.6 Å². The Kier molecular flexibility index (Phi) is 7.61. The Labute approximate surface area is 183 Å². The molecular weight excluding hydrogens is 406 g/mol. The second-order valence-corrected chi connectivity index (χ2v) is 7.99. The topological polar surface area (TPSA) is 79.9 Å². The van der Waals surface area contributed by atoms with Gasteiger partial charge in [0.25, 0.3) is 5.91 Å². The van der Waals surface area contributed by atoms with E-state index in [4.69, 9.17) is 9.47 Å². The zero-order valence-corrected chi connectivity index (χ0v) is 18.1. The van der Waals surface area contributed by atoms with Gasteiger partial charge in [-0.3, -0.25) is 9.59 Å². The molecule has 2 unspecified atom stereocenters. The number of ether oxygens (including phenoxy) is 2. The largest absolute Gasteiger partial charge is 0.493 e. The quantitative estimate of drug-likeness (QED) is 0.739. The number of piperidine rings is 1. The van der Waals surface area contributed by atoms with Crippen LogP contribution in [0.25, 0.3) is 6.08 Å². The minimum atomic E-state index is -0.0575. The predicted molar refractivity (Wildman–Crippen MR) is 117 cm³/mol. The van der Waals surface area contributed by atoms with Gasteiger partial charge in [-0.15, -0.1) is 12.4 Å². The normalized spacial score (nSPS) is 22.8. The molecule has 4 rings (SSSR count). The monoisotopic (exact) mass is 435 g/mol. The highest BCUT2D eigenvalue weighted by Gasteiger charge is 2.29. The number of hydrogen-bond acceptors (Lipinski definition) is 5. The average Bonchev–Trinajstić information content (AvgIpc) is 3.31. The van der Waals surface area contributed by atoms with Gasteiger partial charge in [-0.05, 0) is 50.3 Å². The summed E-state index contributed by atoms with van der Waals surface area (Å²) in [5.74, 6) is 1.75. The fourth-order valence-corrected chi connectivity index (χ4v) is 4.36. The number of nitrogens with one attached hydrogen (secondary N) is 2. The van der Waals surface area contributed by atoms with Gasteiger partial charge in [-0.25, -0.2) is 0 Å². The van der Waals surface area contributed by atoms with E-state index >= 15 is 0 Å². The third kappa shape index (κ3) is 4.90. The number of amides is 2. The summed E-state index contributed by atoms with van der Waals surface area (Å²) in [5.41, 5.74) is 1.52. The maximum absolute atomic E-state index is 13.1. The second-order valence-electron chi connectivity index (χ2n) is 7.99. The molecule has 1 aromatic rings. The van der Waals surface area contributed by atoms with E-state index in [1.54, 1.807) is 7.11 Å². The number of carbonyl (C=O) groups excluding carboxylic acids is 2. The highest BCUT2D eigenvalue weighted by atomic mass is 35.5. The molecule has 1 aromatic carbocycles. The predicted octanol–water partition coefficient (Wildman–Crippen LogP) is 2.00. The highest BCUT2D eigenvalue weighted by molar-refractivity contribution is 5.99. The summed E-state index contributed by atoms with van der Waals surface area (Å²) in [6, 6.07) is 5.61. The van der Waals surface area contributed by atoms with Crippen LogP contribution in [0.1, 0.15) is 31.2 Å². The Hall–Kier alpha value is -2.25.